The van der Waals surface area contributed by atoms with Crippen molar-refractivity contribution in [3.05, 3.63) is 35.4 Å². The van der Waals surface area contributed by atoms with Crippen LogP contribution in [0.5, 0.6) is 0 Å². The number of hydrogen-bond donors (Lipinski definition) is 0. The van der Waals surface area contributed by atoms with Crippen molar-refractivity contribution in [1.29, 1.82) is 0 Å². The minimum atomic E-state index is -3.71. The van der Waals surface area contributed by atoms with Gasteiger partial charge in [0.05, 0.1) is 5.75 Å². The van der Waals surface area contributed by atoms with Crippen LogP contribution < -0.4 is 0 Å². The molecule has 0 aromatic heterocycles. The molecule has 1 heterocycles. The van der Waals surface area contributed by atoms with Gasteiger partial charge in [-0.3, -0.25) is 4.79 Å². The fourth-order valence-corrected chi connectivity index (χ4v) is 3.98. The van der Waals surface area contributed by atoms with Gasteiger partial charge in [0.1, 0.15) is 11.6 Å². The van der Waals surface area contributed by atoms with Gasteiger partial charge in [-0.1, -0.05) is 6.07 Å². The van der Waals surface area contributed by atoms with Crippen LogP contribution in [0.25, 0.3) is 0 Å². The maximum atomic E-state index is 13.6. The van der Waals surface area contributed by atoms with E-state index in [9.17, 15) is 22.0 Å². The molecule has 1 amide bonds. The van der Waals surface area contributed by atoms with Crippen LogP contribution in [0.2, 0.25) is 0 Å². The molecule has 1 saturated heterocycles. The van der Waals surface area contributed by atoms with Gasteiger partial charge >= 0.3 is 0 Å². The first-order valence-corrected chi connectivity index (χ1v) is 8.93. The molecule has 1 aromatic rings. The number of carbonyl (C=O) groups excluding carboxylic acids is 1. The molecule has 1 aliphatic heterocycles. The van der Waals surface area contributed by atoms with E-state index in [0.29, 0.717) is 19.2 Å². The van der Waals surface area contributed by atoms with Crippen molar-refractivity contribution in [3.63, 3.8) is 0 Å². The van der Waals surface area contributed by atoms with E-state index in [4.69, 9.17) is 0 Å². The number of rotatable bonds is 5. The van der Waals surface area contributed by atoms with Crippen molar-refractivity contribution in [2.75, 3.05) is 26.7 Å². The van der Waals surface area contributed by atoms with Crippen LogP contribution in [0.1, 0.15) is 18.9 Å². The third-order valence-corrected chi connectivity index (χ3v) is 5.85. The zero-order chi connectivity index (χ0) is 17.2. The predicted octanol–water partition coefficient (Wildman–Crippen LogP) is 1.59. The van der Waals surface area contributed by atoms with Gasteiger partial charge < -0.3 is 4.90 Å². The highest BCUT2D eigenvalue weighted by Gasteiger charge is 2.29. The molecular weight excluding hydrogens is 326 g/mol. The molecule has 0 aliphatic carbocycles. The minimum Gasteiger partial charge on any atom is -0.343 e. The summed E-state index contributed by atoms with van der Waals surface area (Å²) >= 11 is 0. The molecule has 0 radical (unpaired) electrons. The van der Waals surface area contributed by atoms with Crippen LogP contribution in [0.15, 0.2) is 18.2 Å². The Balaban J connectivity index is 2.00. The van der Waals surface area contributed by atoms with Crippen LogP contribution in [0.3, 0.4) is 0 Å². The van der Waals surface area contributed by atoms with Gasteiger partial charge in [0.15, 0.2) is 0 Å². The van der Waals surface area contributed by atoms with Crippen LogP contribution in [-0.2, 0) is 20.6 Å². The Labute approximate surface area is 134 Å². The smallest absolute Gasteiger partial charge is 0.219 e. The van der Waals surface area contributed by atoms with Gasteiger partial charge in [-0.15, -0.1) is 0 Å². The third-order valence-electron chi connectivity index (χ3n) is 4.07. The lowest BCUT2D eigenvalue weighted by molar-refractivity contribution is -0.127. The molecule has 5 nitrogen and oxygen atoms in total. The molecule has 0 bridgehead atoms. The quantitative estimate of drug-likeness (QED) is 0.814. The maximum Gasteiger partial charge on any atom is 0.219 e. The molecule has 1 atom stereocenters. The maximum absolute atomic E-state index is 13.6. The topological polar surface area (TPSA) is 57.7 Å². The summed E-state index contributed by atoms with van der Waals surface area (Å²) in [5, 5.41) is 0. The molecule has 1 aromatic carbocycles. The van der Waals surface area contributed by atoms with E-state index in [1.807, 2.05) is 0 Å². The average Bonchev–Trinajstić information content (AvgIpc) is 2.90. The summed E-state index contributed by atoms with van der Waals surface area (Å²) in [6, 6.07) is 2.85. The van der Waals surface area contributed by atoms with Crippen molar-refractivity contribution in [3.8, 4) is 0 Å². The van der Waals surface area contributed by atoms with Gasteiger partial charge in [-0.25, -0.2) is 21.5 Å². The van der Waals surface area contributed by atoms with Crippen LogP contribution in [-0.4, -0.2) is 50.2 Å². The van der Waals surface area contributed by atoms with E-state index in [1.165, 1.54) is 18.3 Å². The Morgan fingerprint density at radius 2 is 2.09 bits per heavy atom. The van der Waals surface area contributed by atoms with Gasteiger partial charge in [0.25, 0.3) is 0 Å². The largest absolute Gasteiger partial charge is 0.343 e. The SMILES string of the molecule is CC(=O)N1CC[C@@H](CN(C)S(=O)(=O)Cc2ccc(F)cc2F)C1. The molecule has 128 valence electrons. The van der Waals surface area contributed by atoms with E-state index in [0.717, 1.165) is 18.6 Å². The summed E-state index contributed by atoms with van der Waals surface area (Å²) < 4.78 is 52.3. The van der Waals surface area contributed by atoms with E-state index >= 15 is 0 Å². The molecule has 2 rings (SSSR count). The monoisotopic (exact) mass is 346 g/mol. The normalized spacial score (nSPS) is 18.7. The van der Waals surface area contributed by atoms with Crippen molar-refractivity contribution in [1.82, 2.24) is 9.21 Å². The summed E-state index contributed by atoms with van der Waals surface area (Å²) in [5.41, 5.74) is -0.0602. The Morgan fingerprint density at radius 3 is 2.65 bits per heavy atom. The second-order valence-corrected chi connectivity index (χ2v) is 7.97. The highest BCUT2D eigenvalue weighted by molar-refractivity contribution is 7.88. The second-order valence-electron chi connectivity index (χ2n) is 5.89. The Hall–Kier alpha value is -1.54. The average molecular weight is 346 g/mol. The summed E-state index contributed by atoms with van der Waals surface area (Å²) in [5.74, 6) is -2.08. The van der Waals surface area contributed by atoms with Crippen molar-refractivity contribution < 1.29 is 22.0 Å². The van der Waals surface area contributed by atoms with Crippen molar-refractivity contribution in [2.45, 2.75) is 19.1 Å². The zero-order valence-corrected chi connectivity index (χ0v) is 13.9. The predicted molar refractivity (Wildman–Crippen MR) is 82.0 cm³/mol. The van der Waals surface area contributed by atoms with Gasteiger partial charge in [0.2, 0.25) is 15.9 Å². The first kappa shape index (κ1) is 17.8. The number of hydrogen-bond acceptors (Lipinski definition) is 3. The molecule has 0 spiro atoms. The summed E-state index contributed by atoms with van der Waals surface area (Å²) in [6.45, 7) is 2.91. The van der Waals surface area contributed by atoms with Crippen LogP contribution in [0.4, 0.5) is 8.78 Å². The molecule has 1 fully saturated rings. The van der Waals surface area contributed by atoms with E-state index in [1.54, 1.807) is 4.90 Å². The van der Waals surface area contributed by atoms with E-state index < -0.39 is 27.4 Å². The first-order chi connectivity index (χ1) is 10.7. The van der Waals surface area contributed by atoms with Crippen molar-refractivity contribution in [2.24, 2.45) is 5.92 Å². The Bertz CT molecular complexity index is 694. The number of nitrogens with zero attached hydrogens (tertiary/aromatic N) is 2. The van der Waals surface area contributed by atoms with Gasteiger partial charge in [-0.2, -0.15) is 0 Å². The fraction of sp³-hybridized carbons (Fsp3) is 0.533. The van der Waals surface area contributed by atoms with E-state index in [2.05, 4.69) is 0 Å². The highest BCUT2D eigenvalue weighted by atomic mass is 32.2. The lowest BCUT2D eigenvalue weighted by Crippen LogP contribution is -2.34. The fourth-order valence-electron chi connectivity index (χ4n) is 2.69. The van der Waals surface area contributed by atoms with E-state index in [-0.39, 0.29) is 23.9 Å². The Kier molecular flexibility index (Phi) is 5.36. The number of likely N-dealkylation sites (tertiary alicyclic amines) is 1. The molecule has 0 unspecified atom stereocenters. The summed E-state index contributed by atoms with van der Waals surface area (Å²) in [6.07, 6.45) is 0.740. The lowest BCUT2D eigenvalue weighted by Gasteiger charge is -2.21. The van der Waals surface area contributed by atoms with Gasteiger partial charge in [-0.05, 0) is 18.4 Å². The molecule has 0 N–H and O–H groups in total. The molecule has 8 heteroatoms. The molecule has 23 heavy (non-hydrogen) atoms. The third kappa shape index (κ3) is 4.48. The summed E-state index contributed by atoms with van der Waals surface area (Å²) in [4.78, 5) is 13.0. The standard InChI is InChI=1S/C15H20F2N2O3S/c1-11(20)19-6-5-12(9-19)8-18(2)23(21,22)10-13-3-4-14(16)7-15(13)17/h3-4,7,12H,5-6,8-10H2,1-2H3/t12-/m0/s1. The second kappa shape index (κ2) is 6.92. The molecular formula is C15H20F2N2O3S. The van der Waals surface area contributed by atoms with Gasteiger partial charge in [0, 0.05) is 45.2 Å². The highest BCUT2D eigenvalue weighted by Crippen LogP contribution is 2.20. The number of halogens is 2. The molecule has 1 aliphatic rings. The van der Waals surface area contributed by atoms with Crippen LogP contribution >= 0.6 is 0 Å². The Morgan fingerprint density at radius 1 is 1.39 bits per heavy atom. The number of benzene rings is 1. The van der Waals surface area contributed by atoms with Crippen LogP contribution in [0, 0.1) is 17.6 Å². The summed E-state index contributed by atoms with van der Waals surface area (Å²) in [7, 11) is -2.27. The number of sulfonamides is 1. The zero-order valence-electron chi connectivity index (χ0n) is 13.1. The van der Waals surface area contributed by atoms with Crippen molar-refractivity contribution >= 4 is 15.9 Å². The number of amides is 1. The molecule has 0 saturated carbocycles. The minimum absolute atomic E-state index is 0.0219. The number of carbonyl (C=O) groups is 1. The first-order valence-electron chi connectivity index (χ1n) is 7.32. The lowest BCUT2D eigenvalue weighted by atomic mass is 10.1.